The maximum Gasteiger partial charge on any atom is 0.186 e. The quantitative estimate of drug-likeness (QED) is 0.799. The Morgan fingerprint density at radius 2 is 2.00 bits per heavy atom. The van der Waals surface area contributed by atoms with Crippen molar-refractivity contribution in [2.24, 2.45) is 0 Å². The average Bonchev–Trinajstić information content (AvgIpc) is 2.74. The van der Waals surface area contributed by atoms with Gasteiger partial charge in [0.25, 0.3) is 0 Å². The molecule has 0 aliphatic rings. The SMILES string of the molecule is CC(=O)c1sc(N(C)Cc2ccccc2C)nc1C. The summed E-state index contributed by atoms with van der Waals surface area (Å²) in [4.78, 5) is 18.8. The van der Waals surface area contributed by atoms with E-state index in [1.165, 1.54) is 22.5 Å². The third-order valence-electron chi connectivity index (χ3n) is 3.10. The Balaban J connectivity index is 2.21. The highest BCUT2D eigenvalue weighted by molar-refractivity contribution is 7.17. The summed E-state index contributed by atoms with van der Waals surface area (Å²) in [6.07, 6.45) is 0. The summed E-state index contributed by atoms with van der Waals surface area (Å²) in [7, 11) is 2.01. The van der Waals surface area contributed by atoms with E-state index in [9.17, 15) is 4.79 Å². The van der Waals surface area contributed by atoms with Gasteiger partial charge in [-0.2, -0.15) is 0 Å². The van der Waals surface area contributed by atoms with Gasteiger partial charge in [0.1, 0.15) is 0 Å². The Bertz CT molecular complexity index is 604. The van der Waals surface area contributed by atoms with Crippen LogP contribution in [-0.2, 0) is 6.54 Å². The van der Waals surface area contributed by atoms with Crippen molar-refractivity contribution in [3.05, 3.63) is 46.0 Å². The molecule has 4 heteroatoms. The van der Waals surface area contributed by atoms with Crippen LogP contribution < -0.4 is 4.90 Å². The number of thiazole rings is 1. The number of rotatable bonds is 4. The normalized spacial score (nSPS) is 10.5. The number of ketones is 1. The highest BCUT2D eigenvalue weighted by Crippen LogP contribution is 2.27. The average molecular weight is 274 g/mol. The van der Waals surface area contributed by atoms with Crippen molar-refractivity contribution in [3.8, 4) is 0 Å². The summed E-state index contributed by atoms with van der Waals surface area (Å²) in [6, 6.07) is 8.32. The molecule has 0 saturated carbocycles. The molecule has 0 bridgehead atoms. The van der Waals surface area contributed by atoms with Gasteiger partial charge < -0.3 is 4.90 Å². The van der Waals surface area contributed by atoms with Crippen LogP contribution in [0.2, 0.25) is 0 Å². The molecule has 0 amide bonds. The molecule has 1 heterocycles. The molecule has 0 aliphatic heterocycles. The van der Waals surface area contributed by atoms with Crippen LogP contribution in [0.1, 0.15) is 33.4 Å². The van der Waals surface area contributed by atoms with Gasteiger partial charge in [-0.15, -0.1) is 0 Å². The van der Waals surface area contributed by atoms with Crippen molar-refractivity contribution in [1.29, 1.82) is 0 Å². The summed E-state index contributed by atoms with van der Waals surface area (Å²) in [5.74, 6) is 0.0885. The van der Waals surface area contributed by atoms with Gasteiger partial charge >= 0.3 is 0 Å². The van der Waals surface area contributed by atoms with Gasteiger partial charge in [-0.25, -0.2) is 4.98 Å². The maximum absolute atomic E-state index is 11.5. The van der Waals surface area contributed by atoms with Crippen LogP contribution in [0.5, 0.6) is 0 Å². The third-order valence-corrected chi connectivity index (χ3v) is 4.47. The van der Waals surface area contributed by atoms with Crippen LogP contribution in [0.4, 0.5) is 5.13 Å². The predicted molar refractivity (Wildman–Crippen MR) is 80.1 cm³/mol. The molecule has 0 atom stereocenters. The molecule has 0 N–H and O–H groups in total. The highest BCUT2D eigenvalue weighted by atomic mass is 32.1. The molecule has 19 heavy (non-hydrogen) atoms. The Morgan fingerprint density at radius 3 is 2.58 bits per heavy atom. The van der Waals surface area contributed by atoms with Crippen LogP contribution in [0.3, 0.4) is 0 Å². The van der Waals surface area contributed by atoms with Crippen molar-refractivity contribution < 1.29 is 4.79 Å². The van der Waals surface area contributed by atoms with Crippen molar-refractivity contribution >= 4 is 22.3 Å². The minimum Gasteiger partial charge on any atom is -0.347 e. The van der Waals surface area contributed by atoms with Gasteiger partial charge in [0.15, 0.2) is 10.9 Å². The van der Waals surface area contributed by atoms with E-state index in [1.807, 2.05) is 26.1 Å². The van der Waals surface area contributed by atoms with E-state index in [1.54, 1.807) is 6.92 Å². The fourth-order valence-electron chi connectivity index (χ4n) is 1.98. The van der Waals surface area contributed by atoms with Gasteiger partial charge in [-0.3, -0.25) is 4.79 Å². The minimum absolute atomic E-state index is 0.0885. The van der Waals surface area contributed by atoms with E-state index in [2.05, 4.69) is 28.9 Å². The van der Waals surface area contributed by atoms with Crippen LogP contribution in [-0.4, -0.2) is 17.8 Å². The molecule has 1 aromatic heterocycles. The van der Waals surface area contributed by atoms with Crippen LogP contribution >= 0.6 is 11.3 Å². The van der Waals surface area contributed by atoms with Crippen LogP contribution in [0, 0.1) is 13.8 Å². The lowest BCUT2D eigenvalue weighted by molar-refractivity contribution is 0.102. The first-order valence-electron chi connectivity index (χ1n) is 6.23. The van der Waals surface area contributed by atoms with Crippen molar-refractivity contribution in [2.75, 3.05) is 11.9 Å². The number of benzene rings is 1. The van der Waals surface area contributed by atoms with Gasteiger partial charge in [0, 0.05) is 20.5 Å². The molecule has 0 saturated heterocycles. The fraction of sp³-hybridized carbons (Fsp3) is 0.333. The Labute approximate surface area is 117 Å². The van der Waals surface area contributed by atoms with Crippen LogP contribution in [0.15, 0.2) is 24.3 Å². The van der Waals surface area contributed by atoms with E-state index < -0.39 is 0 Å². The molecule has 0 aliphatic carbocycles. The number of hydrogen-bond donors (Lipinski definition) is 0. The number of aryl methyl sites for hydroxylation is 2. The third kappa shape index (κ3) is 3.01. The molecular weight excluding hydrogens is 256 g/mol. The molecule has 2 rings (SSSR count). The van der Waals surface area contributed by atoms with Gasteiger partial charge in [-0.1, -0.05) is 35.6 Å². The second kappa shape index (κ2) is 5.53. The molecule has 100 valence electrons. The first-order valence-corrected chi connectivity index (χ1v) is 7.04. The molecule has 0 radical (unpaired) electrons. The summed E-state index contributed by atoms with van der Waals surface area (Å²) >= 11 is 1.47. The minimum atomic E-state index is 0.0885. The number of carbonyl (C=O) groups is 1. The molecule has 1 aromatic carbocycles. The molecule has 0 spiro atoms. The lowest BCUT2D eigenvalue weighted by atomic mass is 10.1. The van der Waals surface area contributed by atoms with E-state index in [0.717, 1.165) is 22.2 Å². The molecular formula is C15H18N2OS. The number of Topliss-reactive ketones (excluding diaryl/α,β-unsaturated/α-hetero) is 1. The Kier molecular flexibility index (Phi) is 4.00. The van der Waals surface area contributed by atoms with E-state index in [4.69, 9.17) is 0 Å². The second-order valence-corrected chi connectivity index (χ2v) is 5.73. The second-order valence-electron chi connectivity index (χ2n) is 4.75. The Hall–Kier alpha value is -1.68. The number of aromatic nitrogens is 1. The predicted octanol–water partition coefficient (Wildman–Crippen LogP) is 3.60. The van der Waals surface area contributed by atoms with Crippen LogP contribution in [0.25, 0.3) is 0 Å². The van der Waals surface area contributed by atoms with Gasteiger partial charge in [0.2, 0.25) is 0 Å². The van der Waals surface area contributed by atoms with Gasteiger partial charge in [-0.05, 0) is 25.0 Å². The first-order chi connectivity index (χ1) is 8.99. The van der Waals surface area contributed by atoms with E-state index in [0.29, 0.717) is 0 Å². The molecule has 0 unspecified atom stereocenters. The zero-order valence-corrected chi connectivity index (χ0v) is 12.5. The largest absolute Gasteiger partial charge is 0.347 e. The standard InChI is InChI=1S/C15H18N2OS/c1-10-7-5-6-8-13(10)9-17(4)15-16-11(2)14(19-15)12(3)18/h5-8H,9H2,1-4H3. The summed E-state index contributed by atoms with van der Waals surface area (Å²) in [5.41, 5.74) is 3.38. The summed E-state index contributed by atoms with van der Waals surface area (Å²) in [6.45, 7) is 6.39. The smallest absolute Gasteiger partial charge is 0.186 e. The zero-order chi connectivity index (χ0) is 14.0. The molecule has 0 fully saturated rings. The van der Waals surface area contributed by atoms with Gasteiger partial charge in [0.05, 0.1) is 10.6 Å². The monoisotopic (exact) mass is 274 g/mol. The maximum atomic E-state index is 11.5. The molecule has 2 aromatic rings. The summed E-state index contributed by atoms with van der Waals surface area (Å²) in [5, 5.41) is 0.894. The lowest BCUT2D eigenvalue weighted by Gasteiger charge is -2.17. The fourth-order valence-corrected chi connectivity index (χ4v) is 2.91. The summed E-state index contributed by atoms with van der Waals surface area (Å²) < 4.78 is 0. The first kappa shape index (κ1) is 13.7. The number of hydrogen-bond acceptors (Lipinski definition) is 4. The molecule has 3 nitrogen and oxygen atoms in total. The number of anilines is 1. The van der Waals surface area contributed by atoms with Crippen molar-refractivity contribution in [3.63, 3.8) is 0 Å². The Morgan fingerprint density at radius 1 is 1.32 bits per heavy atom. The van der Waals surface area contributed by atoms with E-state index >= 15 is 0 Å². The zero-order valence-electron chi connectivity index (χ0n) is 11.7. The van der Waals surface area contributed by atoms with E-state index in [-0.39, 0.29) is 5.78 Å². The number of carbonyl (C=O) groups excluding carboxylic acids is 1. The lowest BCUT2D eigenvalue weighted by Crippen LogP contribution is -2.16. The van der Waals surface area contributed by atoms with Crippen molar-refractivity contribution in [1.82, 2.24) is 4.98 Å². The number of nitrogens with zero attached hydrogens (tertiary/aromatic N) is 2. The van der Waals surface area contributed by atoms with Crippen molar-refractivity contribution in [2.45, 2.75) is 27.3 Å². The highest BCUT2D eigenvalue weighted by Gasteiger charge is 2.14. The topological polar surface area (TPSA) is 33.2 Å².